The summed E-state index contributed by atoms with van der Waals surface area (Å²) < 4.78 is 10.2. The summed E-state index contributed by atoms with van der Waals surface area (Å²) in [6, 6.07) is 11.4. The molecule has 2 amide bonds. The number of amides is 2. The second-order valence-electron chi connectivity index (χ2n) is 6.54. The first-order valence-electron chi connectivity index (χ1n) is 8.76. The summed E-state index contributed by atoms with van der Waals surface area (Å²) in [5.74, 6) is -0.274. The van der Waals surface area contributed by atoms with Crippen LogP contribution in [0.4, 0.5) is 0 Å². The summed E-state index contributed by atoms with van der Waals surface area (Å²) in [6.07, 6.45) is 1.48. The third kappa shape index (κ3) is 3.80. The minimum Gasteiger partial charge on any atom is -0.459 e. The molecular weight excluding hydrogens is 332 g/mol. The van der Waals surface area contributed by atoms with E-state index in [1.165, 1.54) is 6.26 Å². The average molecular weight is 356 g/mol. The minimum atomic E-state index is -0.299. The lowest BCUT2D eigenvalue weighted by Crippen LogP contribution is -2.37. The molecule has 0 aliphatic carbocycles. The number of nitrogens with zero attached hydrogens (tertiary/aromatic N) is 1. The van der Waals surface area contributed by atoms with E-state index in [1.807, 2.05) is 31.2 Å². The smallest absolute Gasteiger partial charge is 0.289 e. The highest BCUT2D eigenvalue weighted by atomic mass is 16.5. The van der Waals surface area contributed by atoms with E-state index < -0.39 is 0 Å². The quantitative estimate of drug-likeness (QED) is 0.806. The van der Waals surface area contributed by atoms with Crippen LogP contribution in [-0.4, -0.2) is 50.1 Å². The van der Waals surface area contributed by atoms with E-state index in [9.17, 15) is 9.59 Å². The van der Waals surface area contributed by atoms with Crippen molar-refractivity contribution < 1.29 is 18.7 Å². The van der Waals surface area contributed by atoms with Crippen molar-refractivity contribution in [2.45, 2.75) is 12.8 Å². The zero-order valence-electron chi connectivity index (χ0n) is 15.1. The fourth-order valence-electron chi connectivity index (χ4n) is 3.52. The van der Waals surface area contributed by atoms with Gasteiger partial charge in [0.1, 0.15) is 0 Å². The minimum absolute atomic E-state index is 0.0438. The molecule has 1 aromatic heterocycles. The SMILES string of the molecule is COCCNC(=O)[C@@H]1CN(C(=O)c2ccco2)C[C@@H]1c1ccccc1C. The Balaban J connectivity index is 1.82. The Morgan fingerprint density at radius 1 is 1.23 bits per heavy atom. The maximum absolute atomic E-state index is 12.7. The molecule has 1 aliphatic heterocycles. The summed E-state index contributed by atoms with van der Waals surface area (Å²) in [4.78, 5) is 27.1. The molecule has 3 rings (SSSR count). The highest BCUT2D eigenvalue weighted by Gasteiger charge is 2.41. The summed E-state index contributed by atoms with van der Waals surface area (Å²) >= 11 is 0. The summed E-state index contributed by atoms with van der Waals surface area (Å²) in [7, 11) is 1.60. The van der Waals surface area contributed by atoms with Gasteiger partial charge in [-0.2, -0.15) is 0 Å². The monoisotopic (exact) mass is 356 g/mol. The number of hydrogen-bond donors (Lipinski definition) is 1. The molecule has 1 N–H and O–H groups in total. The van der Waals surface area contributed by atoms with Crippen LogP contribution in [0.25, 0.3) is 0 Å². The molecule has 1 fully saturated rings. The van der Waals surface area contributed by atoms with Crippen LogP contribution in [0.1, 0.15) is 27.6 Å². The number of furan rings is 1. The zero-order valence-corrected chi connectivity index (χ0v) is 15.1. The van der Waals surface area contributed by atoms with Gasteiger partial charge in [0, 0.05) is 32.7 Å². The molecule has 6 nitrogen and oxygen atoms in total. The van der Waals surface area contributed by atoms with Crippen molar-refractivity contribution in [1.82, 2.24) is 10.2 Å². The lowest BCUT2D eigenvalue weighted by atomic mass is 9.86. The molecule has 2 heterocycles. The first-order chi connectivity index (χ1) is 12.6. The van der Waals surface area contributed by atoms with Crippen LogP contribution in [-0.2, 0) is 9.53 Å². The highest BCUT2D eigenvalue weighted by molar-refractivity contribution is 5.92. The number of aryl methyl sites for hydroxylation is 1. The van der Waals surface area contributed by atoms with E-state index in [0.29, 0.717) is 32.0 Å². The normalized spacial score (nSPS) is 19.5. The fourth-order valence-corrected chi connectivity index (χ4v) is 3.52. The van der Waals surface area contributed by atoms with Crippen molar-refractivity contribution in [3.8, 4) is 0 Å². The van der Waals surface area contributed by atoms with Gasteiger partial charge in [0.15, 0.2) is 5.76 Å². The maximum Gasteiger partial charge on any atom is 0.289 e. The van der Waals surface area contributed by atoms with E-state index >= 15 is 0 Å². The number of likely N-dealkylation sites (tertiary alicyclic amines) is 1. The molecular formula is C20H24N2O4. The van der Waals surface area contributed by atoms with Crippen molar-refractivity contribution in [1.29, 1.82) is 0 Å². The standard InChI is InChI=1S/C20H24N2O4/c1-14-6-3-4-7-15(14)16-12-22(20(24)18-8-5-10-26-18)13-17(16)19(23)21-9-11-25-2/h3-8,10,16-17H,9,11-13H2,1-2H3,(H,21,23)/t16-,17-/m1/s1. The lowest BCUT2D eigenvalue weighted by molar-refractivity contribution is -0.125. The third-order valence-electron chi connectivity index (χ3n) is 4.87. The number of carbonyl (C=O) groups is 2. The Kier molecular flexibility index (Phi) is 5.73. The van der Waals surface area contributed by atoms with Gasteiger partial charge in [0.2, 0.25) is 5.91 Å². The average Bonchev–Trinajstić information content (AvgIpc) is 3.32. The van der Waals surface area contributed by atoms with Crippen LogP contribution in [0.2, 0.25) is 0 Å². The number of rotatable bonds is 6. The van der Waals surface area contributed by atoms with Crippen LogP contribution in [0.15, 0.2) is 47.1 Å². The predicted molar refractivity (Wildman–Crippen MR) is 96.9 cm³/mol. The van der Waals surface area contributed by atoms with Crippen LogP contribution >= 0.6 is 0 Å². The van der Waals surface area contributed by atoms with Crippen LogP contribution in [0.3, 0.4) is 0 Å². The first kappa shape index (κ1) is 18.2. The molecule has 138 valence electrons. The molecule has 2 atom stereocenters. The van der Waals surface area contributed by atoms with E-state index in [1.54, 1.807) is 24.1 Å². The second-order valence-corrected chi connectivity index (χ2v) is 6.54. The first-order valence-corrected chi connectivity index (χ1v) is 8.76. The van der Waals surface area contributed by atoms with Gasteiger partial charge in [-0.05, 0) is 30.2 Å². The van der Waals surface area contributed by atoms with E-state index in [2.05, 4.69) is 5.32 Å². The summed E-state index contributed by atoms with van der Waals surface area (Å²) in [5.41, 5.74) is 2.23. The Labute approximate surface area is 153 Å². The molecule has 1 aromatic carbocycles. The van der Waals surface area contributed by atoms with Gasteiger partial charge in [-0.1, -0.05) is 24.3 Å². The molecule has 26 heavy (non-hydrogen) atoms. The van der Waals surface area contributed by atoms with Crippen molar-refractivity contribution in [3.05, 3.63) is 59.5 Å². The number of ether oxygens (including phenoxy) is 1. The molecule has 0 radical (unpaired) electrons. The molecule has 1 aliphatic rings. The van der Waals surface area contributed by atoms with Crippen LogP contribution in [0.5, 0.6) is 0 Å². The van der Waals surface area contributed by atoms with Crippen LogP contribution < -0.4 is 5.32 Å². The molecule has 0 spiro atoms. The maximum atomic E-state index is 12.7. The van der Waals surface area contributed by atoms with Gasteiger partial charge < -0.3 is 19.4 Å². The zero-order chi connectivity index (χ0) is 18.5. The second kappa shape index (κ2) is 8.19. The Bertz CT molecular complexity index is 757. The molecule has 1 saturated heterocycles. The van der Waals surface area contributed by atoms with Gasteiger partial charge in [-0.25, -0.2) is 0 Å². The predicted octanol–water partition coefficient (Wildman–Crippen LogP) is 2.21. The number of benzene rings is 1. The number of methoxy groups -OCH3 is 1. The largest absolute Gasteiger partial charge is 0.459 e. The molecule has 2 aromatic rings. The van der Waals surface area contributed by atoms with E-state index in [0.717, 1.165) is 11.1 Å². The van der Waals surface area contributed by atoms with Gasteiger partial charge >= 0.3 is 0 Å². The summed E-state index contributed by atoms with van der Waals surface area (Å²) in [6.45, 7) is 3.82. The third-order valence-corrected chi connectivity index (χ3v) is 4.87. The molecule has 0 saturated carbocycles. The van der Waals surface area contributed by atoms with Gasteiger partial charge in [-0.15, -0.1) is 0 Å². The molecule has 0 bridgehead atoms. The number of hydrogen-bond acceptors (Lipinski definition) is 4. The Morgan fingerprint density at radius 2 is 2.04 bits per heavy atom. The van der Waals surface area contributed by atoms with E-state index in [4.69, 9.17) is 9.15 Å². The highest BCUT2D eigenvalue weighted by Crippen LogP contribution is 2.35. The number of carbonyl (C=O) groups excluding carboxylic acids is 2. The van der Waals surface area contributed by atoms with Crippen molar-refractivity contribution in [3.63, 3.8) is 0 Å². The molecule has 6 heteroatoms. The Morgan fingerprint density at radius 3 is 2.73 bits per heavy atom. The van der Waals surface area contributed by atoms with Gasteiger partial charge in [0.25, 0.3) is 5.91 Å². The Hall–Kier alpha value is -2.60. The van der Waals surface area contributed by atoms with Crippen molar-refractivity contribution in [2.24, 2.45) is 5.92 Å². The molecule has 0 unspecified atom stereocenters. The van der Waals surface area contributed by atoms with Gasteiger partial charge in [0.05, 0.1) is 18.8 Å². The van der Waals surface area contributed by atoms with Crippen LogP contribution in [0, 0.1) is 12.8 Å². The topological polar surface area (TPSA) is 71.8 Å². The van der Waals surface area contributed by atoms with Crippen molar-refractivity contribution in [2.75, 3.05) is 33.4 Å². The van der Waals surface area contributed by atoms with Gasteiger partial charge in [-0.3, -0.25) is 9.59 Å². The fraction of sp³-hybridized carbons (Fsp3) is 0.400. The van der Waals surface area contributed by atoms with Crippen molar-refractivity contribution >= 4 is 11.8 Å². The van der Waals surface area contributed by atoms with E-state index in [-0.39, 0.29) is 23.7 Å². The summed E-state index contributed by atoms with van der Waals surface area (Å²) in [5, 5.41) is 2.91. The lowest BCUT2D eigenvalue weighted by Gasteiger charge is -2.19. The number of nitrogens with one attached hydrogen (secondary N) is 1.